The maximum absolute atomic E-state index is 13.5. The van der Waals surface area contributed by atoms with Gasteiger partial charge in [-0.2, -0.15) is 0 Å². The zero-order chi connectivity index (χ0) is 58.9. The summed E-state index contributed by atoms with van der Waals surface area (Å²) >= 11 is 0. The van der Waals surface area contributed by atoms with Crippen LogP contribution < -0.4 is 0 Å². The summed E-state index contributed by atoms with van der Waals surface area (Å²) in [5.41, 5.74) is -0.562. The van der Waals surface area contributed by atoms with E-state index < -0.39 is 117 Å². The zero-order valence-electron chi connectivity index (χ0n) is 45.4. The summed E-state index contributed by atoms with van der Waals surface area (Å²) in [7, 11) is 1.27. The van der Waals surface area contributed by atoms with Crippen LogP contribution in [0.2, 0.25) is 0 Å². The van der Waals surface area contributed by atoms with Crippen molar-refractivity contribution in [3.63, 3.8) is 0 Å². The molecule has 2 atom stereocenters. The van der Waals surface area contributed by atoms with Gasteiger partial charge in [-0.3, -0.25) is 0 Å². The Labute approximate surface area is 462 Å². The SMILES string of the molecule is CCC1(C)OC(=O)C(C=CC(C)=CC=C2C(=O)OC3(CCC4(CC3)OC(=O)C(=C/C=C(C)/C=C/C3=C(OC)OC5(CCC6(CC5)OC(=O)C(=C/C=C(C)/C=C/C5=C(O)OC(C)(CC)OC5=O)C(=O)O6)OC3=O)C(=O)O4)OC2=O)=C(O)O1. The molecular formula is C57H58O24. The van der Waals surface area contributed by atoms with Crippen LogP contribution in [0.3, 0.4) is 0 Å². The average molecular weight is 1130 g/mol. The van der Waals surface area contributed by atoms with Crippen LogP contribution in [0.4, 0.5) is 0 Å². The van der Waals surface area contributed by atoms with Gasteiger partial charge in [0.05, 0.1) is 7.11 Å². The van der Waals surface area contributed by atoms with Crippen molar-refractivity contribution >= 4 is 53.7 Å². The molecule has 5 fully saturated rings. The highest BCUT2D eigenvalue weighted by Gasteiger charge is 2.58. The molecule has 2 N–H and O–H groups in total. The van der Waals surface area contributed by atoms with Gasteiger partial charge in [0.25, 0.3) is 52.6 Å². The molecule has 6 aliphatic heterocycles. The Morgan fingerprint density at radius 1 is 0.407 bits per heavy atom. The molecule has 2 aliphatic carbocycles. The largest absolute Gasteiger partial charge is 0.480 e. The Morgan fingerprint density at radius 3 is 0.938 bits per heavy atom. The highest BCUT2D eigenvalue weighted by Crippen LogP contribution is 2.48. The topological polar surface area (TPSA) is 314 Å². The fourth-order valence-electron chi connectivity index (χ4n) is 9.00. The minimum Gasteiger partial charge on any atom is -0.480 e. The number of esters is 9. The molecule has 2 saturated carbocycles. The van der Waals surface area contributed by atoms with Crippen LogP contribution in [0, 0.1) is 0 Å². The maximum atomic E-state index is 13.5. The molecule has 4 spiro atoms. The Balaban J connectivity index is 0.824. The molecule has 0 amide bonds. The van der Waals surface area contributed by atoms with Crippen molar-refractivity contribution in [1.29, 1.82) is 0 Å². The number of methoxy groups -OCH3 is 1. The van der Waals surface area contributed by atoms with Gasteiger partial charge in [-0.1, -0.05) is 67.0 Å². The number of ether oxygens (including phenoxy) is 13. The molecule has 24 nitrogen and oxygen atoms in total. The van der Waals surface area contributed by atoms with Crippen molar-refractivity contribution in [3.8, 4) is 0 Å². The molecule has 8 rings (SSSR count). The maximum Gasteiger partial charge on any atom is 0.348 e. The number of cyclic esters (lactones) is 2. The van der Waals surface area contributed by atoms with Crippen LogP contribution in [-0.4, -0.2) is 106 Å². The van der Waals surface area contributed by atoms with Gasteiger partial charge in [0.1, 0.15) is 33.4 Å². The second kappa shape index (κ2) is 22.2. The molecule has 430 valence electrons. The van der Waals surface area contributed by atoms with Crippen LogP contribution in [0.25, 0.3) is 0 Å². The van der Waals surface area contributed by atoms with Crippen LogP contribution in [0.1, 0.15) is 113 Å². The molecule has 0 aromatic carbocycles. The predicted molar refractivity (Wildman–Crippen MR) is 270 cm³/mol. The van der Waals surface area contributed by atoms with E-state index in [0.29, 0.717) is 29.6 Å². The molecule has 0 aromatic heterocycles. The van der Waals surface area contributed by atoms with Crippen molar-refractivity contribution in [2.24, 2.45) is 0 Å². The summed E-state index contributed by atoms with van der Waals surface area (Å²) in [6.45, 7) is 11.2. The van der Waals surface area contributed by atoms with E-state index in [1.807, 2.05) is 0 Å². The van der Waals surface area contributed by atoms with E-state index in [4.69, 9.17) is 61.6 Å². The average Bonchev–Trinajstić information content (AvgIpc) is 3.56. The third-order valence-corrected chi connectivity index (χ3v) is 14.2. The fourth-order valence-corrected chi connectivity index (χ4v) is 9.00. The third-order valence-electron chi connectivity index (χ3n) is 14.2. The van der Waals surface area contributed by atoms with Crippen molar-refractivity contribution in [2.75, 3.05) is 7.11 Å². The Hall–Kier alpha value is -9.09. The van der Waals surface area contributed by atoms with Gasteiger partial charge in [-0.25, -0.2) is 43.2 Å². The summed E-state index contributed by atoms with van der Waals surface area (Å²) < 4.78 is 72.1. The summed E-state index contributed by atoms with van der Waals surface area (Å²) in [5.74, 6) is -19.1. The number of carbonyl (C=O) groups is 9. The summed E-state index contributed by atoms with van der Waals surface area (Å²) in [5, 5.41) is 20.5. The first-order chi connectivity index (χ1) is 38.2. The Bertz CT molecular complexity index is 3090. The molecule has 24 heteroatoms. The zero-order valence-corrected chi connectivity index (χ0v) is 45.4. The quantitative estimate of drug-likeness (QED) is 0.0661. The number of aliphatic hydroxyl groups excluding tert-OH is 2. The van der Waals surface area contributed by atoms with Crippen LogP contribution in [-0.2, 0) is 105 Å². The molecule has 0 radical (unpaired) electrons. The van der Waals surface area contributed by atoms with E-state index >= 15 is 0 Å². The highest BCUT2D eigenvalue weighted by atomic mass is 16.8. The number of rotatable bonds is 12. The van der Waals surface area contributed by atoms with Gasteiger partial charge in [0, 0.05) is 78.1 Å². The summed E-state index contributed by atoms with van der Waals surface area (Å²) in [6, 6.07) is 0. The molecule has 8 aliphatic rings. The van der Waals surface area contributed by atoms with Crippen LogP contribution in [0.5, 0.6) is 0 Å². The number of aliphatic hydroxyl groups is 2. The number of allylic oxidation sites excluding steroid dienone is 12. The summed E-state index contributed by atoms with van der Waals surface area (Å²) in [6.07, 6.45) is 15.3. The van der Waals surface area contributed by atoms with Gasteiger partial charge in [0.15, 0.2) is 0 Å². The lowest BCUT2D eigenvalue weighted by atomic mass is 9.87. The van der Waals surface area contributed by atoms with Gasteiger partial charge >= 0.3 is 53.7 Å². The molecule has 2 unspecified atom stereocenters. The van der Waals surface area contributed by atoms with E-state index in [-0.39, 0.29) is 74.0 Å². The van der Waals surface area contributed by atoms with E-state index in [0.717, 1.165) is 0 Å². The van der Waals surface area contributed by atoms with E-state index in [2.05, 4.69) is 0 Å². The molecule has 6 heterocycles. The van der Waals surface area contributed by atoms with Crippen LogP contribution >= 0.6 is 0 Å². The van der Waals surface area contributed by atoms with Crippen molar-refractivity contribution in [2.45, 2.75) is 147 Å². The predicted octanol–water partition coefficient (Wildman–Crippen LogP) is 6.88. The first-order valence-corrected chi connectivity index (χ1v) is 25.7. The Kier molecular flexibility index (Phi) is 15.9. The van der Waals surface area contributed by atoms with E-state index in [1.165, 1.54) is 93.9 Å². The summed E-state index contributed by atoms with van der Waals surface area (Å²) in [4.78, 5) is 117. The van der Waals surface area contributed by atoms with Crippen molar-refractivity contribution in [3.05, 3.63) is 141 Å². The van der Waals surface area contributed by atoms with Gasteiger partial charge in [0.2, 0.25) is 0 Å². The van der Waals surface area contributed by atoms with E-state index in [9.17, 15) is 53.4 Å². The molecule has 3 saturated heterocycles. The second-order valence-corrected chi connectivity index (χ2v) is 20.2. The Morgan fingerprint density at radius 2 is 0.667 bits per heavy atom. The lowest BCUT2D eigenvalue weighted by Crippen LogP contribution is -2.56. The van der Waals surface area contributed by atoms with E-state index in [1.54, 1.807) is 34.6 Å². The highest BCUT2D eigenvalue weighted by molar-refractivity contribution is 6.17. The number of carbonyl (C=O) groups excluding carboxylic acids is 9. The fraction of sp³-hybridized carbons (Fsp3) is 0.421. The van der Waals surface area contributed by atoms with Gasteiger partial charge in [-0.05, 0) is 57.2 Å². The monoisotopic (exact) mass is 1130 g/mol. The van der Waals surface area contributed by atoms with Crippen molar-refractivity contribution < 1.29 is 115 Å². The molecule has 0 aromatic rings. The van der Waals surface area contributed by atoms with Crippen molar-refractivity contribution in [1.82, 2.24) is 0 Å². The first-order valence-electron chi connectivity index (χ1n) is 25.7. The first kappa shape index (κ1) is 58.1. The number of hydrogen-bond acceptors (Lipinski definition) is 24. The normalized spacial score (nSPS) is 31.3. The van der Waals surface area contributed by atoms with Gasteiger partial charge < -0.3 is 71.8 Å². The number of hydrogen-bond donors (Lipinski definition) is 2. The smallest absolute Gasteiger partial charge is 0.348 e. The lowest BCUT2D eigenvalue weighted by Gasteiger charge is -2.46. The lowest BCUT2D eigenvalue weighted by molar-refractivity contribution is -0.298. The molecule has 81 heavy (non-hydrogen) atoms. The minimum absolute atomic E-state index is 0.0803. The third kappa shape index (κ3) is 12.4. The second-order valence-electron chi connectivity index (χ2n) is 20.2. The molecule has 0 bridgehead atoms. The standard InChI is InChI=1S/C57H58O24/c1-9-52(6)70-40(58)34(41(59)71-52)17-11-31(3)13-19-36-44(62)74-54(75-45(36)63)23-25-55(26-24-54)76-46(64)38(47(65)77-55)21-15-33(5)16-22-39-50(68)80-57(81-51(39)69-8)29-27-56(28-30-57)78-48(66)37(49(67)79-56)20-14-32(4)12-18-35-42(60)72-53(7,10-2)73-43(35)61/h11-22,58,60H,9-10,23-30H2,1-8H3/b17-11?,18-12+,22-16+,31-13?,32-14+,33-15+,36-19?,37-20?,38-21?. The van der Waals surface area contributed by atoms with Crippen LogP contribution in [0.15, 0.2) is 141 Å². The van der Waals surface area contributed by atoms with Gasteiger partial charge in [-0.15, -0.1) is 0 Å². The minimum atomic E-state index is -1.74. The molecular weight excluding hydrogens is 1070 g/mol.